The van der Waals surface area contributed by atoms with Gasteiger partial charge in [0.2, 0.25) is 0 Å². The van der Waals surface area contributed by atoms with E-state index in [1.54, 1.807) is 18.5 Å². The minimum Gasteiger partial charge on any atom is -0.376 e. The van der Waals surface area contributed by atoms with Gasteiger partial charge < -0.3 is 9.47 Å². The number of nitrogens with zero attached hydrogens (tertiary/aromatic N) is 2. The summed E-state index contributed by atoms with van der Waals surface area (Å²) < 4.78 is 10.6. The summed E-state index contributed by atoms with van der Waals surface area (Å²) in [5, 5.41) is 0. The summed E-state index contributed by atoms with van der Waals surface area (Å²) in [6.07, 6.45) is 3.33. The molecule has 64 valence electrons. The van der Waals surface area contributed by atoms with E-state index in [9.17, 15) is 0 Å². The summed E-state index contributed by atoms with van der Waals surface area (Å²) in [5.41, 5.74) is 0. The third-order valence-corrected chi connectivity index (χ3v) is 1.69. The predicted molar refractivity (Wildman–Crippen MR) is 41.5 cm³/mol. The Morgan fingerprint density at radius 1 is 1.25 bits per heavy atom. The lowest BCUT2D eigenvalue weighted by Gasteiger charge is -2.21. The van der Waals surface area contributed by atoms with Gasteiger partial charge in [-0.15, -0.1) is 0 Å². The van der Waals surface area contributed by atoms with E-state index >= 15 is 0 Å². The molecule has 1 aromatic heterocycles. The molecule has 4 nitrogen and oxygen atoms in total. The highest BCUT2D eigenvalue weighted by Crippen LogP contribution is 2.15. The maximum absolute atomic E-state index is 5.41. The summed E-state index contributed by atoms with van der Waals surface area (Å²) in [5.74, 6) is 0.706. The van der Waals surface area contributed by atoms with Crippen molar-refractivity contribution >= 4 is 0 Å². The van der Waals surface area contributed by atoms with Crippen LogP contribution in [0.15, 0.2) is 18.5 Å². The minimum absolute atomic E-state index is 0.0834. The summed E-state index contributed by atoms with van der Waals surface area (Å²) >= 11 is 0. The van der Waals surface area contributed by atoms with Crippen molar-refractivity contribution in [3.8, 4) is 0 Å². The van der Waals surface area contributed by atoms with Gasteiger partial charge in [0.1, 0.15) is 6.10 Å². The van der Waals surface area contributed by atoms with Gasteiger partial charge >= 0.3 is 0 Å². The van der Waals surface area contributed by atoms with Crippen molar-refractivity contribution in [2.75, 3.05) is 19.8 Å². The van der Waals surface area contributed by atoms with Crippen molar-refractivity contribution in [1.29, 1.82) is 0 Å². The van der Waals surface area contributed by atoms with E-state index in [2.05, 4.69) is 9.97 Å². The van der Waals surface area contributed by atoms with E-state index in [1.807, 2.05) is 0 Å². The molecule has 12 heavy (non-hydrogen) atoms. The molecule has 0 aromatic carbocycles. The molecule has 2 heterocycles. The molecule has 0 saturated carbocycles. The minimum atomic E-state index is -0.0834. The molecular formula is C8H10N2O2. The summed E-state index contributed by atoms with van der Waals surface area (Å²) in [4.78, 5) is 8.17. The summed E-state index contributed by atoms with van der Waals surface area (Å²) in [7, 11) is 0. The van der Waals surface area contributed by atoms with Crippen molar-refractivity contribution in [2.45, 2.75) is 6.10 Å². The molecule has 0 aliphatic carbocycles. The van der Waals surface area contributed by atoms with E-state index in [4.69, 9.17) is 9.47 Å². The fourth-order valence-corrected chi connectivity index (χ4v) is 1.11. The summed E-state index contributed by atoms with van der Waals surface area (Å²) in [6, 6.07) is 1.78. The molecule has 1 unspecified atom stereocenters. The van der Waals surface area contributed by atoms with Crippen molar-refractivity contribution in [2.24, 2.45) is 0 Å². The van der Waals surface area contributed by atoms with Crippen LogP contribution in [0.3, 0.4) is 0 Å². The number of rotatable bonds is 1. The summed E-state index contributed by atoms with van der Waals surface area (Å²) in [6.45, 7) is 1.86. The monoisotopic (exact) mass is 166 g/mol. The molecule has 0 radical (unpaired) electrons. The van der Waals surface area contributed by atoms with Crippen LogP contribution < -0.4 is 0 Å². The molecule has 0 spiro atoms. The Kier molecular flexibility index (Phi) is 2.29. The van der Waals surface area contributed by atoms with Gasteiger partial charge in [0.15, 0.2) is 5.82 Å². The van der Waals surface area contributed by atoms with Gasteiger partial charge in [-0.25, -0.2) is 9.97 Å². The van der Waals surface area contributed by atoms with Crippen LogP contribution >= 0.6 is 0 Å². The van der Waals surface area contributed by atoms with Crippen LogP contribution in [0.2, 0.25) is 0 Å². The molecule has 1 aromatic rings. The number of hydrogen-bond donors (Lipinski definition) is 0. The van der Waals surface area contributed by atoms with E-state index in [0.29, 0.717) is 25.6 Å². The Balaban J connectivity index is 2.08. The van der Waals surface area contributed by atoms with Gasteiger partial charge in [0, 0.05) is 12.4 Å². The van der Waals surface area contributed by atoms with E-state index in [-0.39, 0.29) is 6.10 Å². The Morgan fingerprint density at radius 3 is 2.75 bits per heavy atom. The van der Waals surface area contributed by atoms with Crippen LogP contribution in [0.1, 0.15) is 11.9 Å². The van der Waals surface area contributed by atoms with Gasteiger partial charge in [0.25, 0.3) is 0 Å². The third kappa shape index (κ3) is 1.60. The Morgan fingerprint density at radius 2 is 2.08 bits per heavy atom. The number of ether oxygens (including phenoxy) is 2. The topological polar surface area (TPSA) is 44.2 Å². The Labute approximate surface area is 70.6 Å². The number of hydrogen-bond acceptors (Lipinski definition) is 4. The lowest BCUT2D eigenvalue weighted by molar-refractivity contribution is -0.0935. The van der Waals surface area contributed by atoms with Crippen LogP contribution in [0, 0.1) is 0 Å². The van der Waals surface area contributed by atoms with Gasteiger partial charge in [-0.1, -0.05) is 0 Å². The molecule has 4 heteroatoms. The highest BCUT2D eigenvalue weighted by atomic mass is 16.6. The second kappa shape index (κ2) is 3.60. The maximum atomic E-state index is 5.41. The largest absolute Gasteiger partial charge is 0.376 e. The fraction of sp³-hybridized carbons (Fsp3) is 0.500. The predicted octanol–water partition coefficient (Wildman–Crippen LogP) is 0.564. The molecule has 0 bridgehead atoms. The zero-order valence-corrected chi connectivity index (χ0v) is 6.64. The van der Waals surface area contributed by atoms with Gasteiger partial charge in [0.05, 0.1) is 19.8 Å². The zero-order valence-electron chi connectivity index (χ0n) is 6.64. The molecule has 1 aliphatic heterocycles. The highest BCUT2D eigenvalue weighted by molar-refractivity contribution is 4.93. The third-order valence-electron chi connectivity index (χ3n) is 1.69. The Hall–Kier alpha value is -1.00. The van der Waals surface area contributed by atoms with Crippen LogP contribution in [0.25, 0.3) is 0 Å². The average Bonchev–Trinajstić information content (AvgIpc) is 2.21. The second-order valence-electron chi connectivity index (χ2n) is 2.54. The van der Waals surface area contributed by atoms with Crippen molar-refractivity contribution in [1.82, 2.24) is 9.97 Å². The van der Waals surface area contributed by atoms with E-state index < -0.39 is 0 Å². The van der Waals surface area contributed by atoms with E-state index in [0.717, 1.165) is 0 Å². The van der Waals surface area contributed by atoms with Crippen LogP contribution in [0.4, 0.5) is 0 Å². The van der Waals surface area contributed by atoms with Crippen LogP contribution in [-0.4, -0.2) is 29.8 Å². The molecule has 2 rings (SSSR count). The number of aromatic nitrogens is 2. The van der Waals surface area contributed by atoms with Crippen LogP contribution in [-0.2, 0) is 9.47 Å². The van der Waals surface area contributed by atoms with E-state index in [1.165, 1.54) is 0 Å². The Bertz CT molecular complexity index is 234. The smallest absolute Gasteiger partial charge is 0.159 e. The first-order valence-electron chi connectivity index (χ1n) is 3.93. The first-order chi connectivity index (χ1) is 5.97. The molecular weight excluding hydrogens is 156 g/mol. The quantitative estimate of drug-likeness (QED) is 0.611. The molecule has 0 N–H and O–H groups in total. The molecule has 1 fully saturated rings. The average molecular weight is 166 g/mol. The fourth-order valence-electron chi connectivity index (χ4n) is 1.11. The first kappa shape index (κ1) is 7.64. The standard InChI is InChI=1S/C8H10N2O2/c1-2-9-8(10-3-1)7-6-11-4-5-12-7/h1-3,7H,4-6H2. The molecule has 1 atom stereocenters. The lowest BCUT2D eigenvalue weighted by atomic mass is 10.3. The van der Waals surface area contributed by atoms with Gasteiger partial charge in [-0.05, 0) is 6.07 Å². The van der Waals surface area contributed by atoms with Crippen molar-refractivity contribution < 1.29 is 9.47 Å². The zero-order chi connectivity index (χ0) is 8.23. The van der Waals surface area contributed by atoms with Crippen molar-refractivity contribution in [3.63, 3.8) is 0 Å². The lowest BCUT2D eigenvalue weighted by Crippen LogP contribution is -2.23. The van der Waals surface area contributed by atoms with Crippen molar-refractivity contribution in [3.05, 3.63) is 24.3 Å². The maximum Gasteiger partial charge on any atom is 0.159 e. The molecule has 0 amide bonds. The molecule has 1 saturated heterocycles. The van der Waals surface area contributed by atoms with Crippen LogP contribution in [0.5, 0.6) is 0 Å². The highest BCUT2D eigenvalue weighted by Gasteiger charge is 2.18. The first-order valence-corrected chi connectivity index (χ1v) is 3.93. The van der Waals surface area contributed by atoms with Gasteiger partial charge in [-0.3, -0.25) is 0 Å². The molecule has 1 aliphatic rings. The SMILES string of the molecule is c1cnc(C2COCCO2)nc1. The normalized spacial score (nSPS) is 23.8. The van der Waals surface area contributed by atoms with Gasteiger partial charge in [-0.2, -0.15) is 0 Å². The second-order valence-corrected chi connectivity index (χ2v) is 2.54.